The van der Waals surface area contributed by atoms with Gasteiger partial charge in [0, 0.05) is 17.7 Å². The molecule has 0 saturated heterocycles. The molecule has 0 aliphatic heterocycles. The molecule has 2 N–H and O–H groups in total. The van der Waals surface area contributed by atoms with Crippen LogP contribution < -0.4 is 10.6 Å². The van der Waals surface area contributed by atoms with Crippen molar-refractivity contribution in [3.63, 3.8) is 0 Å². The number of carbonyl (C=O) groups excluding carboxylic acids is 2. The van der Waals surface area contributed by atoms with E-state index in [2.05, 4.69) is 10.6 Å². The third-order valence-electron chi connectivity index (χ3n) is 4.75. The molecule has 3 rings (SSSR count). The molecule has 0 heterocycles. The van der Waals surface area contributed by atoms with Crippen LogP contribution in [0.15, 0.2) is 72.8 Å². The molecule has 2 amide bonds. The smallest absolute Gasteiger partial charge is 0.252 e. The number of nitrogens with one attached hydrogen (secondary N) is 2. The first-order chi connectivity index (χ1) is 13.9. The number of halogens is 1. The predicted octanol–water partition coefficient (Wildman–Crippen LogP) is 4.42. The standard InChI is InChI=1S/C24H23FN2O2/c1-16-8-6-7-11-20(16)23(28)27-22(14-18-9-4-3-5-10-18)24(29)26-21-15-19(25)13-12-17(21)2/h3-13,15,22H,14H2,1-2H3,(H,26,29)(H,27,28). The fourth-order valence-corrected chi connectivity index (χ4v) is 3.07. The topological polar surface area (TPSA) is 58.2 Å². The molecular weight excluding hydrogens is 367 g/mol. The second kappa shape index (κ2) is 9.15. The lowest BCUT2D eigenvalue weighted by Crippen LogP contribution is -2.45. The van der Waals surface area contributed by atoms with Gasteiger partial charge in [-0.3, -0.25) is 9.59 Å². The van der Waals surface area contributed by atoms with Crippen molar-refractivity contribution in [1.82, 2.24) is 5.32 Å². The molecule has 0 fully saturated rings. The molecule has 29 heavy (non-hydrogen) atoms. The highest BCUT2D eigenvalue weighted by molar-refractivity contribution is 6.02. The molecule has 3 aromatic rings. The Labute approximate surface area is 169 Å². The Morgan fingerprint density at radius 1 is 0.897 bits per heavy atom. The van der Waals surface area contributed by atoms with E-state index in [9.17, 15) is 14.0 Å². The molecule has 3 aromatic carbocycles. The van der Waals surface area contributed by atoms with Crippen LogP contribution in [0.25, 0.3) is 0 Å². The highest BCUT2D eigenvalue weighted by Gasteiger charge is 2.23. The zero-order valence-electron chi connectivity index (χ0n) is 16.4. The quantitative estimate of drug-likeness (QED) is 0.654. The number of hydrogen-bond donors (Lipinski definition) is 2. The lowest BCUT2D eigenvalue weighted by atomic mass is 10.0. The molecule has 5 heteroatoms. The monoisotopic (exact) mass is 390 g/mol. The average Bonchev–Trinajstić information content (AvgIpc) is 2.71. The minimum Gasteiger partial charge on any atom is -0.340 e. The predicted molar refractivity (Wildman–Crippen MR) is 112 cm³/mol. The third-order valence-corrected chi connectivity index (χ3v) is 4.75. The van der Waals surface area contributed by atoms with Crippen LogP contribution in [0, 0.1) is 19.7 Å². The summed E-state index contributed by atoms with van der Waals surface area (Å²) in [5, 5.41) is 5.58. The summed E-state index contributed by atoms with van der Waals surface area (Å²) in [5.41, 5.74) is 3.38. The Kier molecular flexibility index (Phi) is 6.39. The zero-order chi connectivity index (χ0) is 20.8. The Hall–Kier alpha value is -3.47. The number of rotatable bonds is 6. The Bertz CT molecular complexity index is 1020. The van der Waals surface area contributed by atoms with Gasteiger partial charge in [0.2, 0.25) is 5.91 Å². The first kappa shape index (κ1) is 20.3. The number of aryl methyl sites for hydroxylation is 2. The summed E-state index contributed by atoms with van der Waals surface area (Å²) in [4.78, 5) is 25.8. The van der Waals surface area contributed by atoms with Gasteiger partial charge < -0.3 is 10.6 Å². The van der Waals surface area contributed by atoms with Crippen LogP contribution in [0.3, 0.4) is 0 Å². The Balaban J connectivity index is 1.84. The minimum atomic E-state index is -0.813. The summed E-state index contributed by atoms with van der Waals surface area (Å²) in [7, 11) is 0. The largest absolute Gasteiger partial charge is 0.340 e. The van der Waals surface area contributed by atoms with Crippen molar-refractivity contribution >= 4 is 17.5 Å². The summed E-state index contributed by atoms with van der Waals surface area (Å²) in [6, 6.07) is 20.0. The highest BCUT2D eigenvalue weighted by Crippen LogP contribution is 2.17. The fourth-order valence-electron chi connectivity index (χ4n) is 3.07. The van der Waals surface area contributed by atoms with Gasteiger partial charge in [-0.15, -0.1) is 0 Å². The fraction of sp³-hybridized carbons (Fsp3) is 0.167. The van der Waals surface area contributed by atoms with Gasteiger partial charge >= 0.3 is 0 Å². The van der Waals surface area contributed by atoms with Gasteiger partial charge in [-0.2, -0.15) is 0 Å². The van der Waals surface area contributed by atoms with Crippen LogP contribution in [0.1, 0.15) is 27.0 Å². The molecule has 0 radical (unpaired) electrons. The summed E-state index contributed by atoms with van der Waals surface area (Å²) >= 11 is 0. The van der Waals surface area contributed by atoms with Crippen molar-refractivity contribution in [3.8, 4) is 0 Å². The molecule has 148 valence electrons. The maximum atomic E-state index is 13.6. The molecule has 0 bridgehead atoms. The highest BCUT2D eigenvalue weighted by atomic mass is 19.1. The van der Waals surface area contributed by atoms with E-state index in [-0.39, 0.29) is 5.91 Å². The van der Waals surface area contributed by atoms with E-state index in [1.165, 1.54) is 12.1 Å². The number of amides is 2. The van der Waals surface area contributed by atoms with Crippen molar-refractivity contribution in [2.75, 3.05) is 5.32 Å². The number of benzene rings is 3. The molecule has 0 aromatic heterocycles. The van der Waals surface area contributed by atoms with E-state index in [0.717, 1.165) is 16.7 Å². The summed E-state index contributed by atoms with van der Waals surface area (Å²) in [6.45, 7) is 3.63. The summed E-state index contributed by atoms with van der Waals surface area (Å²) in [6.07, 6.45) is 0.318. The van der Waals surface area contributed by atoms with Gasteiger partial charge in [0.15, 0.2) is 0 Å². The number of carbonyl (C=O) groups is 2. The van der Waals surface area contributed by atoms with Crippen LogP contribution in [0.2, 0.25) is 0 Å². The third kappa shape index (κ3) is 5.29. The minimum absolute atomic E-state index is 0.318. The SMILES string of the molecule is Cc1ccc(F)cc1NC(=O)C(Cc1ccccc1)NC(=O)c1ccccc1C. The lowest BCUT2D eigenvalue weighted by molar-refractivity contribution is -0.118. The first-order valence-corrected chi connectivity index (χ1v) is 9.41. The van der Waals surface area contributed by atoms with Gasteiger partial charge in [-0.25, -0.2) is 4.39 Å². The van der Waals surface area contributed by atoms with Crippen LogP contribution in [0.4, 0.5) is 10.1 Å². The summed E-state index contributed by atoms with van der Waals surface area (Å²) < 4.78 is 13.6. The number of anilines is 1. The van der Waals surface area contributed by atoms with Crippen molar-refractivity contribution in [3.05, 3.63) is 101 Å². The van der Waals surface area contributed by atoms with Gasteiger partial charge in [-0.05, 0) is 48.7 Å². The Morgan fingerprint density at radius 3 is 2.31 bits per heavy atom. The van der Waals surface area contributed by atoms with Crippen molar-refractivity contribution in [2.24, 2.45) is 0 Å². The van der Waals surface area contributed by atoms with Gasteiger partial charge in [0.1, 0.15) is 11.9 Å². The molecule has 0 aliphatic carbocycles. The van der Waals surface area contributed by atoms with Crippen molar-refractivity contribution in [2.45, 2.75) is 26.3 Å². The van der Waals surface area contributed by atoms with Gasteiger partial charge in [0.05, 0.1) is 0 Å². The molecular formula is C24H23FN2O2. The zero-order valence-corrected chi connectivity index (χ0v) is 16.4. The van der Waals surface area contributed by atoms with Crippen LogP contribution >= 0.6 is 0 Å². The van der Waals surface area contributed by atoms with E-state index in [1.807, 2.05) is 49.4 Å². The number of hydrogen-bond acceptors (Lipinski definition) is 2. The van der Waals surface area contributed by atoms with E-state index < -0.39 is 17.8 Å². The van der Waals surface area contributed by atoms with Crippen molar-refractivity contribution in [1.29, 1.82) is 0 Å². The van der Waals surface area contributed by atoms with E-state index in [4.69, 9.17) is 0 Å². The van der Waals surface area contributed by atoms with Crippen molar-refractivity contribution < 1.29 is 14.0 Å². The Morgan fingerprint density at radius 2 is 1.59 bits per heavy atom. The van der Waals surface area contributed by atoms with Gasteiger partial charge in [-0.1, -0.05) is 54.6 Å². The molecule has 0 spiro atoms. The molecule has 1 atom stereocenters. The van der Waals surface area contributed by atoms with Crippen LogP contribution in [-0.2, 0) is 11.2 Å². The second-order valence-electron chi connectivity index (χ2n) is 6.98. The molecule has 0 aliphatic rings. The summed E-state index contributed by atoms with van der Waals surface area (Å²) in [5.74, 6) is -1.16. The van der Waals surface area contributed by atoms with E-state index in [0.29, 0.717) is 17.7 Å². The molecule has 1 unspecified atom stereocenters. The average molecular weight is 390 g/mol. The first-order valence-electron chi connectivity index (χ1n) is 9.41. The van der Waals surface area contributed by atoms with Gasteiger partial charge in [0.25, 0.3) is 5.91 Å². The van der Waals surface area contributed by atoms with E-state index in [1.54, 1.807) is 25.1 Å². The van der Waals surface area contributed by atoms with Crippen LogP contribution in [-0.4, -0.2) is 17.9 Å². The lowest BCUT2D eigenvalue weighted by Gasteiger charge is -2.20. The maximum Gasteiger partial charge on any atom is 0.252 e. The van der Waals surface area contributed by atoms with E-state index >= 15 is 0 Å². The normalized spacial score (nSPS) is 11.6. The maximum absolute atomic E-state index is 13.6. The molecule has 0 saturated carbocycles. The molecule has 4 nitrogen and oxygen atoms in total. The van der Waals surface area contributed by atoms with Crippen LogP contribution in [0.5, 0.6) is 0 Å². The second-order valence-corrected chi connectivity index (χ2v) is 6.98.